The van der Waals surface area contributed by atoms with E-state index in [2.05, 4.69) is 11.9 Å². The zero-order valence-corrected chi connectivity index (χ0v) is 13.1. The highest BCUT2D eigenvalue weighted by atomic mass is 16.4. The smallest absolute Gasteiger partial charge is 0.348 e. The maximum Gasteiger partial charge on any atom is 0.348 e. The van der Waals surface area contributed by atoms with Crippen LogP contribution < -0.4 is 5.69 Å². The summed E-state index contributed by atoms with van der Waals surface area (Å²) in [4.78, 5) is 27.5. The number of carbonyl (C=O) groups is 1. The number of nitrogens with zero attached hydrogens (tertiary/aromatic N) is 2. The number of hydrogen-bond acceptors (Lipinski definition) is 3. The average Bonchev–Trinajstić information content (AvgIpc) is 2.43. The minimum Gasteiger partial charge on any atom is -0.481 e. The summed E-state index contributed by atoms with van der Waals surface area (Å²) in [5.74, 6) is -0.402. The molecule has 1 aliphatic rings. The van der Waals surface area contributed by atoms with E-state index >= 15 is 0 Å². The van der Waals surface area contributed by atoms with E-state index in [1.807, 2.05) is 6.92 Å². The number of aliphatic carboxylic acids is 1. The predicted octanol–water partition coefficient (Wildman–Crippen LogP) is 2.63. The van der Waals surface area contributed by atoms with Crippen LogP contribution in [-0.2, 0) is 11.2 Å². The van der Waals surface area contributed by atoms with Crippen LogP contribution in [0, 0.1) is 19.8 Å². The van der Waals surface area contributed by atoms with Crippen LogP contribution in [0.4, 0.5) is 0 Å². The summed E-state index contributed by atoms with van der Waals surface area (Å²) >= 11 is 0. The molecule has 0 radical (unpaired) electrons. The Bertz CT molecular complexity index is 592. The second-order valence-electron chi connectivity index (χ2n) is 6.00. The number of carboxylic acids is 1. The third-order valence-corrected chi connectivity index (χ3v) is 4.76. The van der Waals surface area contributed by atoms with Crippen molar-refractivity contribution >= 4 is 5.97 Å². The first-order valence-corrected chi connectivity index (χ1v) is 7.76. The summed E-state index contributed by atoms with van der Waals surface area (Å²) in [6.07, 6.45) is 5.41. The van der Waals surface area contributed by atoms with E-state index in [4.69, 9.17) is 5.11 Å². The van der Waals surface area contributed by atoms with Gasteiger partial charge in [0.05, 0.1) is 6.42 Å². The fourth-order valence-electron chi connectivity index (χ4n) is 3.62. The Morgan fingerprint density at radius 1 is 1.33 bits per heavy atom. The predicted molar refractivity (Wildman–Crippen MR) is 80.6 cm³/mol. The molecule has 1 aromatic heterocycles. The highest BCUT2D eigenvalue weighted by Gasteiger charge is 2.28. The van der Waals surface area contributed by atoms with E-state index in [0.717, 1.165) is 31.4 Å². The van der Waals surface area contributed by atoms with Gasteiger partial charge in [0, 0.05) is 23.0 Å². The van der Waals surface area contributed by atoms with Crippen LogP contribution >= 0.6 is 0 Å². The standard InChI is InChI=1S/C16H24N2O3/c1-4-12-7-5-6-8-14(12)18-11(3)13(9-15(19)20)10(2)17-16(18)21/h12,14H,4-9H2,1-3H3,(H,19,20). The van der Waals surface area contributed by atoms with Gasteiger partial charge in [0.15, 0.2) is 0 Å². The molecule has 1 aliphatic carbocycles. The fraction of sp³-hybridized carbons (Fsp3) is 0.688. The Balaban J connectivity index is 2.52. The molecule has 2 rings (SSSR count). The summed E-state index contributed by atoms with van der Waals surface area (Å²) in [5, 5.41) is 9.07. The van der Waals surface area contributed by atoms with Crippen molar-refractivity contribution in [2.45, 2.75) is 65.3 Å². The maximum atomic E-state index is 12.4. The van der Waals surface area contributed by atoms with E-state index in [1.165, 1.54) is 6.42 Å². The van der Waals surface area contributed by atoms with Gasteiger partial charge in [0.2, 0.25) is 0 Å². The molecule has 2 atom stereocenters. The number of carboxylic acid groups (broad SMARTS) is 1. The summed E-state index contributed by atoms with van der Waals surface area (Å²) in [5.41, 5.74) is 1.77. The average molecular weight is 292 g/mol. The lowest BCUT2D eigenvalue weighted by molar-refractivity contribution is -0.136. The van der Waals surface area contributed by atoms with Crippen molar-refractivity contribution in [1.82, 2.24) is 9.55 Å². The first kappa shape index (κ1) is 15.7. The number of hydrogen-bond donors (Lipinski definition) is 1. The third-order valence-electron chi connectivity index (χ3n) is 4.76. The van der Waals surface area contributed by atoms with Gasteiger partial charge in [-0.05, 0) is 32.6 Å². The lowest BCUT2D eigenvalue weighted by atomic mass is 9.82. The molecule has 5 heteroatoms. The molecule has 0 spiro atoms. The zero-order valence-electron chi connectivity index (χ0n) is 13.1. The highest BCUT2D eigenvalue weighted by molar-refractivity contribution is 5.70. The molecule has 21 heavy (non-hydrogen) atoms. The Hall–Kier alpha value is -1.65. The summed E-state index contributed by atoms with van der Waals surface area (Å²) in [7, 11) is 0. The van der Waals surface area contributed by atoms with Crippen LogP contribution in [0.5, 0.6) is 0 Å². The molecular formula is C16H24N2O3. The van der Waals surface area contributed by atoms with Crippen LogP contribution in [0.25, 0.3) is 0 Å². The van der Waals surface area contributed by atoms with E-state index in [0.29, 0.717) is 17.2 Å². The molecule has 0 saturated heterocycles. The minimum atomic E-state index is -0.885. The second-order valence-corrected chi connectivity index (χ2v) is 6.00. The van der Waals surface area contributed by atoms with Crippen molar-refractivity contribution in [3.63, 3.8) is 0 Å². The number of aryl methyl sites for hydroxylation is 1. The summed E-state index contributed by atoms with van der Waals surface area (Å²) in [6.45, 7) is 5.73. The molecular weight excluding hydrogens is 268 g/mol. The molecule has 1 heterocycles. The van der Waals surface area contributed by atoms with Gasteiger partial charge < -0.3 is 5.11 Å². The van der Waals surface area contributed by atoms with Gasteiger partial charge in [-0.25, -0.2) is 4.79 Å². The van der Waals surface area contributed by atoms with Gasteiger partial charge in [-0.3, -0.25) is 9.36 Å². The molecule has 0 aliphatic heterocycles. The van der Waals surface area contributed by atoms with Crippen molar-refractivity contribution in [2.24, 2.45) is 5.92 Å². The largest absolute Gasteiger partial charge is 0.481 e. The molecule has 1 aromatic rings. The monoisotopic (exact) mass is 292 g/mol. The van der Waals surface area contributed by atoms with E-state index in [-0.39, 0.29) is 18.2 Å². The Kier molecular flexibility index (Phi) is 4.80. The lowest BCUT2D eigenvalue weighted by Crippen LogP contribution is -2.36. The van der Waals surface area contributed by atoms with Crippen LogP contribution in [0.15, 0.2) is 4.79 Å². The molecule has 1 fully saturated rings. The van der Waals surface area contributed by atoms with Gasteiger partial charge in [-0.15, -0.1) is 0 Å². The maximum absolute atomic E-state index is 12.4. The van der Waals surface area contributed by atoms with Gasteiger partial charge in [0.1, 0.15) is 0 Å². The van der Waals surface area contributed by atoms with Crippen LogP contribution in [0.2, 0.25) is 0 Å². The molecule has 1 saturated carbocycles. The molecule has 2 unspecified atom stereocenters. The van der Waals surface area contributed by atoms with Crippen molar-refractivity contribution in [3.8, 4) is 0 Å². The van der Waals surface area contributed by atoms with Crippen molar-refractivity contribution < 1.29 is 9.90 Å². The van der Waals surface area contributed by atoms with Crippen molar-refractivity contribution in [3.05, 3.63) is 27.4 Å². The van der Waals surface area contributed by atoms with Crippen molar-refractivity contribution in [2.75, 3.05) is 0 Å². The molecule has 0 amide bonds. The van der Waals surface area contributed by atoms with Gasteiger partial charge in [-0.2, -0.15) is 4.98 Å². The zero-order chi connectivity index (χ0) is 15.6. The van der Waals surface area contributed by atoms with Crippen molar-refractivity contribution in [1.29, 1.82) is 0 Å². The highest BCUT2D eigenvalue weighted by Crippen LogP contribution is 2.36. The second kappa shape index (κ2) is 6.41. The Labute approximate surface area is 125 Å². The number of rotatable bonds is 4. The topological polar surface area (TPSA) is 72.2 Å². The van der Waals surface area contributed by atoms with Crippen LogP contribution in [0.1, 0.15) is 62.0 Å². The number of aromatic nitrogens is 2. The molecule has 1 N–H and O–H groups in total. The van der Waals surface area contributed by atoms with Gasteiger partial charge in [-0.1, -0.05) is 26.2 Å². The third kappa shape index (κ3) is 3.17. The first-order chi connectivity index (χ1) is 9.95. The van der Waals surface area contributed by atoms with Gasteiger partial charge in [0.25, 0.3) is 0 Å². The summed E-state index contributed by atoms with van der Waals surface area (Å²) < 4.78 is 1.76. The lowest BCUT2D eigenvalue weighted by Gasteiger charge is -2.33. The van der Waals surface area contributed by atoms with E-state index in [9.17, 15) is 9.59 Å². The Morgan fingerprint density at radius 2 is 2.00 bits per heavy atom. The molecule has 116 valence electrons. The minimum absolute atomic E-state index is 0.0749. The molecule has 0 aromatic carbocycles. The normalized spacial score (nSPS) is 22.2. The Morgan fingerprint density at radius 3 is 2.62 bits per heavy atom. The van der Waals surface area contributed by atoms with Crippen LogP contribution in [0.3, 0.4) is 0 Å². The molecule has 0 bridgehead atoms. The quantitative estimate of drug-likeness (QED) is 0.926. The fourth-order valence-corrected chi connectivity index (χ4v) is 3.62. The van der Waals surface area contributed by atoms with Crippen LogP contribution in [-0.4, -0.2) is 20.6 Å². The summed E-state index contributed by atoms with van der Waals surface area (Å²) in [6, 6.07) is 0.164. The SMILES string of the molecule is CCC1CCCCC1n1c(C)c(CC(=O)O)c(C)nc1=O. The van der Waals surface area contributed by atoms with E-state index in [1.54, 1.807) is 11.5 Å². The molecule has 5 nitrogen and oxygen atoms in total. The van der Waals surface area contributed by atoms with E-state index < -0.39 is 5.97 Å². The first-order valence-electron chi connectivity index (χ1n) is 7.76. The van der Waals surface area contributed by atoms with Gasteiger partial charge >= 0.3 is 11.7 Å².